The van der Waals surface area contributed by atoms with Crippen LogP contribution in [0.25, 0.3) is 11.2 Å². The Kier molecular flexibility index (Phi) is 8.53. The average molecular weight is 493 g/mol. The number of nitrogen functional groups attached to an aromatic ring is 1. The van der Waals surface area contributed by atoms with Gasteiger partial charge in [-0.15, -0.1) is 0 Å². The molecule has 0 spiro atoms. The lowest BCUT2D eigenvalue weighted by molar-refractivity contribution is 0.199. The highest BCUT2D eigenvalue weighted by Crippen LogP contribution is 2.24. The molecule has 190 valence electrons. The fourth-order valence-corrected chi connectivity index (χ4v) is 3.70. The van der Waals surface area contributed by atoms with E-state index in [1.54, 1.807) is 7.11 Å². The van der Waals surface area contributed by atoms with Gasteiger partial charge in [0.05, 0.1) is 19.8 Å². The van der Waals surface area contributed by atoms with Gasteiger partial charge in [0.15, 0.2) is 11.5 Å². The monoisotopic (exact) mass is 492 g/mol. The molecule has 0 radical (unpaired) electrons. The second-order valence-electron chi connectivity index (χ2n) is 8.37. The summed E-state index contributed by atoms with van der Waals surface area (Å²) in [5.74, 6) is 1.58. The van der Waals surface area contributed by atoms with Crippen molar-refractivity contribution in [2.24, 2.45) is 0 Å². The van der Waals surface area contributed by atoms with Crippen LogP contribution in [0.5, 0.6) is 17.5 Å². The molecule has 4 rings (SSSR count). The van der Waals surface area contributed by atoms with Gasteiger partial charge in [-0.25, -0.2) is 4.79 Å². The second kappa shape index (κ2) is 12.2. The van der Waals surface area contributed by atoms with Gasteiger partial charge in [0.1, 0.15) is 17.0 Å². The van der Waals surface area contributed by atoms with Crippen molar-refractivity contribution >= 4 is 17.0 Å². The summed E-state index contributed by atoms with van der Waals surface area (Å²) in [6, 6.07) is 15.7. The zero-order chi connectivity index (χ0) is 25.3. The van der Waals surface area contributed by atoms with Crippen molar-refractivity contribution in [2.45, 2.75) is 32.9 Å². The SMILES string of the molecule is CCCCOc1nc(N)c2[nH]c(=O)n(Cc3cccc(Oc4cccc(CNCCOC)c4)c3)c2n1. The van der Waals surface area contributed by atoms with Crippen LogP contribution in [-0.2, 0) is 17.8 Å². The molecule has 10 nitrogen and oxygen atoms in total. The minimum atomic E-state index is -0.322. The molecule has 0 atom stereocenters. The van der Waals surface area contributed by atoms with Gasteiger partial charge in [-0.05, 0) is 41.8 Å². The lowest BCUT2D eigenvalue weighted by Gasteiger charge is -2.10. The lowest BCUT2D eigenvalue weighted by Crippen LogP contribution is -2.18. The number of anilines is 1. The lowest BCUT2D eigenvalue weighted by atomic mass is 10.2. The number of aromatic amines is 1. The molecule has 0 aliphatic carbocycles. The fourth-order valence-electron chi connectivity index (χ4n) is 3.70. The van der Waals surface area contributed by atoms with E-state index >= 15 is 0 Å². The minimum absolute atomic E-state index is 0.162. The van der Waals surface area contributed by atoms with E-state index in [1.165, 1.54) is 4.57 Å². The zero-order valence-corrected chi connectivity index (χ0v) is 20.6. The van der Waals surface area contributed by atoms with Crippen LogP contribution in [0, 0.1) is 0 Å². The number of methoxy groups -OCH3 is 1. The molecular formula is C26H32N6O4. The molecule has 0 saturated carbocycles. The largest absolute Gasteiger partial charge is 0.463 e. The number of unbranched alkanes of at least 4 members (excludes halogenated alkanes) is 1. The highest BCUT2D eigenvalue weighted by Gasteiger charge is 2.15. The van der Waals surface area contributed by atoms with Crippen molar-refractivity contribution < 1.29 is 14.2 Å². The van der Waals surface area contributed by atoms with E-state index in [-0.39, 0.29) is 24.1 Å². The molecule has 0 aliphatic rings. The van der Waals surface area contributed by atoms with Crippen LogP contribution in [0.15, 0.2) is 53.3 Å². The molecule has 0 saturated heterocycles. The fraction of sp³-hybridized carbons (Fsp3) is 0.346. The number of ether oxygens (including phenoxy) is 3. The number of imidazole rings is 1. The van der Waals surface area contributed by atoms with Crippen molar-refractivity contribution in [1.29, 1.82) is 0 Å². The predicted octanol–water partition coefficient (Wildman–Crippen LogP) is 3.46. The zero-order valence-electron chi connectivity index (χ0n) is 20.6. The van der Waals surface area contributed by atoms with Crippen molar-refractivity contribution in [1.82, 2.24) is 24.8 Å². The van der Waals surface area contributed by atoms with E-state index in [0.29, 0.717) is 30.1 Å². The standard InChI is InChI=1S/C26H32N6O4/c1-3-4-12-35-25-30-23(27)22-24(31-25)32(26(33)29-22)17-19-8-6-10-21(15-19)36-20-9-5-7-18(14-20)16-28-11-13-34-2/h5-10,14-15,28H,3-4,11-13,16-17H2,1-2H3,(H,29,33)(H2,27,30,31). The van der Waals surface area contributed by atoms with Crippen LogP contribution < -0.4 is 26.2 Å². The molecule has 0 amide bonds. The van der Waals surface area contributed by atoms with Gasteiger partial charge in [-0.2, -0.15) is 9.97 Å². The number of hydrogen-bond acceptors (Lipinski definition) is 8. The van der Waals surface area contributed by atoms with Crippen molar-refractivity contribution in [3.05, 3.63) is 70.1 Å². The Hall–Kier alpha value is -3.89. The Bertz CT molecular complexity index is 1350. The number of nitrogens with one attached hydrogen (secondary N) is 2. The summed E-state index contributed by atoms with van der Waals surface area (Å²) in [7, 11) is 1.68. The Balaban J connectivity index is 1.50. The quantitative estimate of drug-likeness (QED) is 0.242. The van der Waals surface area contributed by atoms with Gasteiger partial charge in [-0.3, -0.25) is 4.57 Å². The molecular weight excluding hydrogens is 460 g/mol. The maximum absolute atomic E-state index is 12.7. The number of fused-ring (bicyclic) bond motifs is 1. The van der Waals surface area contributed by atoms with E-state index < -0.39 is 0 Å². The van der Waals surface area contributed by atoms with Crippen LogP contribution >= 0.6 is 0 Å². The molecule has 0 fully saturated rings. The summed E-state index contributed by atoms with van der Waals surface area (Å²) in [5, 5.41) is 3.33. The highest BCUT2D eigenvalue weighted by atomic mass is 16.5. The molecule has 2 heterocycles. The van der Waals surface area contributed by atoms with Gasteiger partial charge in [0.25, 0.3) is 0 Å². The summed E-state index contributed by atoms with van der Waals surface area (Å²) < 4.78 is 18.3. The van der Waals surface area contributed by atoms with Gasteiger partial charge in [0.2, 0.25) is 0 Å². The van der Waals surface area contributed by atoms with E-state index in [9.17, 15) is 4.79 Å². The predicted molar refractivity (Wildman–Crippen MR) is 139 cm³/mol. The number of nitrogens with two attached hydrogens (primary N) is 1. The molecule has 36 heavy (non-hydrogen) atoms. The summed E-state index contributed by atoms with van der Waals surface area (Å²) in [4.78, 5) is 24.1. The molecule has 4 aromatic rings. The normalized spacial score (nSPS) is 11.2. The number of H-pyrrole nitrogens is 1. The first-order valence-electron chi connectivity index (χ1n) is 12.0. The van der Waals surface area contributed by atoms with Crippen molar-refractivity contribution in [3.8, 4) is 17.5 Å². The Morgan fingerprint density at radius 2 is 1.81 bits per heavy atom. The summed E-state index contributed by atoms with van der Waals surface area (Å²) >= 11 is 0. The third-order valence-corrected chi connectivity index (χ3v) is 5.54. The van der Waals surface area contributed by atoms with E-state index in [0.717, 1.165) is 42.8 Å². The number of nitrogens with zero attached hydrogens (tertiary/aromatic N) is 3. The van der Waals surface area contributed by atoms with Crippen LogP contribution in [0.4, 0.5) is 5.82 Å². The molecule has 4 N–H and O–H groups in total. The van der Waals surface area contributed by atoms with Crippen LogP contribution in [-0.4, -0.2) is 46.4 Å². The molecule has 0 bridgehead atoms. The van der Waals surface area contributed by atoms with Crippen LogP contribution in [0.2, 0.25) is 0 Å². The first kappa shape index (κ1) is 25.2. The van der Waals surface area contributed by atoms with Crippen molar-refractivity contribution in [2.75, 3.05) is 32.6 Å². The van der Waals surface area contributed by atoms with Gasteiger partial charge in [-0.1, -0.05) is 37.6 Å². The molecule has 0 aliphatic heterocycles. The first-order valence-corrected chi connectivity index (χ1v) is 12.0. The third-order valence-electron chi connectivity index (χ3n) is 5.54. The number of hydrogen-bond donors (Lipinski definition) is 3. The summed E-state index contributed by atoms with van der Waals surface area (Å²) in [6.07, 6.45) is 1.86. The van der Waals surface area contributed by atoms with Crippen molar-refractivity contribution in [3.63, 3.8) is 0 Å². The molecule has 10 heteroatoms. The maximum Gasteiger partial charge on any atom is 0.328 e. The minimum Gasteiger partial charge on any atom is -0.463 e. The first-order chi connectivity index (χ1) is 17.6. The van der Waals surface area contributed by atoms with Gasteiger partial charge >= 0.3 is 11.7 Å². The molecule has 2 aromatic heterocycles. The summed E-state index contributed by atoms with van der Waals surface area (Å²) in [6.45, 7) is 5.00. The molecule has 0 unspecified atom stereocenters. The highest BCUT2D eigenvalue weighted by molar-refractivity contribution is 5.81. The topological polar surface area (TPSA) is 129 Å². The van der Waals surface area contributed by atoms with Crippen LogP contribution in [0.3, 0.4) is 0 Å². The Labute approximate surface area is 209 Å². The number of rotatable bonds is 13. The Morgan fingerprint density at radius 3 is 2.56 bits per heavy atom. The van der Waals surface area contributed by atoms with Gasteiger partial charge < -0.3 is 30.2 Å². The van der Waals surface area contributed by atoms with E-state index in [1.807, 2.05) is 48.5 Å². The molecule has 2 aromatic carbocycles. The maximum atomic E-state index is 12.7. The summed E-state index contributed by atoms with van der Waals surface area (Å²) in [5.41, 5.74) is 8.52. The van der Waals surface area contributed by atoms with Gasteiger partial charge in [0, 0.05) is 20.2 Å². The average Bonchev–Trinajstić information content (AvgIpc) is 3.18. The third kappa shape index (κ3) is 6.41. The number of aromatic nitrogens is 4. The smallest absolute Gasteiger partial charge is 0.328 e. The van der Waals surface area contributed by atoms with Crippen LogP contribution in [0.1, 0.15) is 30.9 Å². The van der Waals surface area contributed by atoms with E-state index in [2.05, 4.69) is 27.2 Å². The van der Waals surface area contributed by atoms with E-state index in [4.69, 9.17) is 19.9 Å². The number of benzene rings is 2. The Morgan fingerprint density at radius 1 is 1.06 bits per heavy atom. The second-order valence-corrected chi connectivity index (χ2v) is 8.37.